The minimum Gasteiger partial charge on any atom is -0.403 e. The highest BCUT2D eigenvalue weighted by Crippen LogP contribution is 2.27. The number of rotatable bonds is 4. The first kappa shape index (κ1) is 14.0. The molecule has 8 nitrogen and oxygen atoms in total. The maximum atomic E-state index is 13.2. The summed E-state index contributed by atoms with van der Waals surface area (Å²) >= 11 is 0. The molecule has 0 radical (unpaired) electrons. The van der Waals surface area contributed by atoms with Crippen LogP contribution in [0.1, 0.15) is 6.42 Å². The highest BCUT2D eigenvalue weighted by Gasteiger charge is 2.33. The lowest BCUT2D eigenvalue weighted by Gasteiger charge is -2.09. The van der Waals surface area contributed by atoms with E-state index in [1.807, 2.05) is 0 Å². The van der Waals surface area contributed by atoms with Gasteiger partial charge in [-0.15, -0.1) is 5.10 Å². The Morgan fingerprint density at radius 1 is 1.50 bits per heavy atom. The Labute approximate surface area is 124 Å². The maximum Gasteiger partial charge on any atom is 0.325 e. The summed E-state index contributed by atoms with van der Waals surface area (Å²) in [5.41, 5.74) is 8.76. The first-order valence-corrected chi connectivity index (χ1v) is 6.58. The number of anilines is 1. The molecule has 1 aromatic carbocycles. The van der Waals surface area contributed by atoms with E-state index >= 15 is 0 Å². The van der Waals surface area contributed by atoms with Gasteiger partial charge in [-0.05, 0) is 29.6 Å². The minimum absolute atomic E-state index is 0.0627. The molecule has 2 aromatic rings. The predicted octanol–water partition coefficient (Wildman–Crippen LogP) is 2.54. The van der Waals surface area contributed by atoms with E-state index in [0.717, 1.165) is 0 Å². The molecule has 2 heterocycles. The summed E-state index contributed by atoms with van der Waals surface area (Å²) in [7, 11) is 0. The van der Waals surface area contributed by atoms with Gasteiger partial charge < -0.3 is 4.42 Å². The standard InChI is InChI=1S/C13H11FN6O2/c14-10-3-1-2-9(5-10)12-17-18-13(22-12)20-7-8(4-11(20)21)6-16-19-15/h1-3,5,8H,4,6-7H2. The van der Waals surface area contributed by atoms with Crippen LogP contribution in [0.25, 0.3) is 21.9 Å². The van der Waals surface area contributed by atoms with Crippen molar-refractivity contribution in [3.63, 3.8) is 0 Å². The fraction of sp³-hybridized carbons (Fsp3) is 0.308. The molecular weight excluding hydrogens is 291 g/mol. The summed E-state index contributed by atoms with van der Waals surface area (Å²) in [5, 5.41) is 11.1. The average Bonchev–Trinajstić information content (AvgIpc) is 3.11. The summed E-state index contributed by atoms with van der Waals surface area (Å²) in [5.74, 6) is -0.523. The Bertz CT molecular complexity index is 754. The molecule has 3 rings (SSSR count). The summed E-state index contributed by atoms with van der Waals surface area (Å²) in [4.78, 5) is 16.0. The predicted molar refractivity (Wildman–Crippen MR) is 74.2 cm³/mol. The van der Waals surface area contributed by atoms with Crippen LogP contribution in [0.5, 0.6) is 0 Å². The fourth-order valence-electron chi connectivity index (χ4n) is 2.30. The van der Waals surface area contributed by atoms with Gasteiger partial charge in [0, 0.05) is 30.0 Å². The SMILES string of the molecule is [N-]=[N+]=NCC1CC(=O)N(c2nnc(-c3cccc(F)c3)o2)C1. The molecule has 1 amide bonds. The molecule has 1 unspecified atom stereocenters. The normalized spacial score (nSPS) is 17.6. The summed E-state index contributed by atoms with van der Waals surface area (Å²) in [6, 6.07) is 5.81. The van der Waals surface area contributed by atoms with Crippen LogP contribution < -0.4 is 4.90 Å². The van der Waals surface area contributed by atoms with Gasteiger partial charge in [0.25, 0.3) is 0 Å². The number of azide groups is 1. The highest BCUT2D eigenvalue weighted by atomic mass is 19.1. The third-order valence-electron chi connectivity index (χ3n) is 3.33. The van der Waals surface area contributed by atoms with Crippen molar-refractivity contribution >= 4 is 11.9 Å². The molecule has 22 heavy (non-hydrogen) atoms. The molecule has 1 aliphatic rings. The lowest BCUT2D eigenvalue weighted by atomic mass is 10.1. The molecule has 0 saturated carbocycles. The quantitative estimate of drug-likeness (QED) is 0.491. The second kappa shape index (κ2) is 5.82. The number of halogens is 1. The molecule has 1 saturated heterocycles. The van der Waals surface area contributed by atoms with Crippen molar-refractivity contribution in [2.45, 2.75) is 6.42 Å². The first-order chi connectivity index (χ1) is 10.7. The van der Waals surface area contributed by atoms with Gasteiger partial charge in [0.1, 0.15) is 5.82 Å². The van der Waals surface area contributed by atoms with Gasteiger partial charge in [0.05, 0.1) is 0 Å². The van der Waals surface area contributed by atoms with Crippen LogP contribution in [-0.2, 0) is 4.79 Å². The number of carbonyl (C=O) groups is 1. The molecule has 1 fully saturated rings. The fourth-order valence-corrected chi connectivity index (χ4v) is 2.30. The van der Waals surface area contributed by atoms with Crippen molar-refractivity contribution in [2.24, 2.45) is 11.0 Å². The topological polar surface area (TPSA) is 108 Å². The maximum absolute atomic E-state index is 13.2. The number of carbonyl (C=O) groups excluding carboxylic acids is 1. The second-order valence-corrected chi connectivity index (χ2v) is 4.89. The van der Waals surface area contributed by atoms with E-state index in [1.165, 1.54) is 23.1 Å². The van der Waals surface area contributed by atoms with Crippen molar-refractivity contribution in [3.05, 3.63) is 40.5 Å². The van der Waals surface area contributed by atoms with Gasteiger partial charge in [-0.1, -0.05) is 16.3 Å². The molecule has 9 heteroatoms. The van der Waals surface area contributed by atoms with Gasteiger partial charge in [-0.25, -0.2) is 4.39 Å². The molecule has 1 aromatic heterocycles. The van der Waals surface area contributed by atoms with E-state index in [1.54, 1.807) is 6.07 Å². The Kier molecular flexibility index (Phi) is 3.71. The van der Waals surface area contributed by atoms with Crippen LogP contribution in [0.3, 0.4) is 0 Å². The zero-order valence-electron chi connectivity index (χ0n) is 11.4. The van der Waals surface area contributed by atoms with Crippen LogP contribution in [0.15, 0.2) is 33.8 Å². The Balaban J connectivity index is 1.79. The molecule has 1 atom stereocenters. The third-order valence-corrected chi connectivity index (χ3v) is 3.33. The average molecular weight is 302 g/mol. The zero-order chi connectivity index (χ0) is 15.5. The first-order valence-electron chi connectivity index (χ1n) is 6.58. The Hall–Kier alpha value is -2.93. The highest BCUT2D eigenvalue weighted by molar-refractivity contribution is 5.93. The van der Waals surface area contributed by atoms with Crippen LogP contribution in [0, 0.1) is 11.7 Å². The van der Waals surface area contributed by atoms with E-state index in [-0.39, 0.29) is 36.7 Å². The van der Waals surface area contributed by atoms with Crippen LogP contribution in [-0.4, -0.2) is 29.2 Å². The van der Waals surface area contributed by atoms with Gasteiger partial charge in [-0.3, -0.25) is 9.69 Å². The zero-order valence-corrected chi connectivity index (χ0v) is 11.4. The second-order valence-electron chi connectivity index (χ2n) is 4.89. The Morgan fingerprint density at radius 3 is 3.14 bits per heavy atom. The largest absolute Gasteiger partial charge is 0.403 e. The monoisotopic (exact) mass is 302 g/mol. The van der Waals surface area contributed by atoms with E-state index in [0.29, 0.717) is 12.1 Å². The van der Waals surface area contributed by atoms with Crippen molar-refractivity contribution in [2.75, 3.05) is 18.0 Å². The van der Waals surface area contributed by atoms with E-state index in [4.69, 9.17) is 9.95 Å². The van der Waals surface area contributed by atoms with E-state index in [9.17, 15) is 9.18 Å². The molecule has 0 N–H and O–H groups in total. The number of hydrogen-bond acceptors (Lipinski definition) is 5. The summed E-state index contributed by atoms with van der Waals surface area (Å²) in [6.45, 7) is 0.590. The number of nitrogens with zero attached hydrogens (tertiary/aromatic N) is 6. The molecule has 0 aliphatic carbocycles. The molecule has 1 aliphatic heterocycles. The van der Waals surface area contributed by atoms with Crippen LogP contribution in [0.4, 0.5) is 10.4 Å². The van der Waals surface area contributed by atoms with E-state index < -0.39 is 5.82 Å². The number of aromatic nitrogens is 2. The van der Waals surface area contributed by atoms with Gasteiger partial charge in [0.2, 0.25) is 11.8 Å². The third kappa shape index (κ3) is 2.75. The van der Waals surface area contributed by atoms with Crippen molar-refractivity contribution in [1.29, 1.82) is 0 Å². The lowest BCUT2D eigenvalue weighted by Crippen LogP contribution is -2.25. The van der Waals surface area contributed by atoms with E-state index in [2.05, 4.69) is 20.2 Å². The lowest BCUT2D eigenvalue weighted by molar-refractivity contribution is -0.117. The number of amides is 1. The molecular formula is C13H11FN6O2. The van der Waals surface area contributed by atoms with Gasteiger partial charge in [0.15, 0.2) is 0 Å². The number of benzene rings is 1. The van der Waals surface area contributed by atoms with Crippen molar-refractivity contribution in [1.82, 2.24) is 10.2 Å². The minimum atomic E-state index is -0.413. The molecule has 0 spiro atoms. The van der Waals surface area contributed by atoms with Crippen LogP contribution in [0.2, 0.25) is 0 Å². The van der Waals surface area contributed by atoms with Crippen LogP contribution >= 0.6 is 0 Å². The number of hydrogen-bond donors (Lipinski definition) is 0. The Morgan fingerprint density at radius 2 is 2.36 bits per heavy atom. The van der Waals surface area contributed by atoms with Gasteiger partial charge >= 0.3 is 6.01 Å². The summed E-state index contributed by atoms with van der Waals surface area (Å²) in [6.07, 6.45) is 0.261. The van der Waals surface area contributed by atoms with Crippen molar-refractivity contribution < 1.29 is 13.6 Å². The summed E-state index contributed by atoms with van der Waals surface area (Å²) < 4.78 is 18.6. The van der Waals surface area contributed by atoms with Gasteiger partial charge in [-0.2, -0.15) is 0 Å². The smallest absolute Gasteiger partial charge is 0.325 e. The van der Waals surface area contributed by atoms with Crippen molar-refractivity contribution in [3.8, 4) is 11.5 Å². The molecule has 112 valence electrons. The molecule has 0 bridgehead atoms.